The molecule has 0 spiro atoms. The van der Waals surface area contributed by atoms with E-state index in [1.807, 2.05) is 9.80 Å². The molecule has 0 aliphatic carbocycles. The number of carbonyl (C=O) groups excluding carboxylic acids is 1. The van der Waals surface area contributed by atoms with Crippen molar-refractivity contribution < 1.29 is 4.79 Å². The van der Waals surface area contributed by atoms with Crippen LogP contribution in [0.1, 0.15) is 32.6 Å². The van der Waals surface area contributed by atoms with Crippen LogP contribution in [0, 0.1) is 17.2 Å². The highest BCUT2D eigenvalue weighted by atomic mass is 16.2. The number of nitrogens with one attached hydrogen (secondary N) is 1. The molecule has 2 unspecified atom stereocenters. The third kappa shape index (κ3) is 2.94. The lowest BCUT2D eigenvalue weighted by Crippen LogP contribution is -2.51. The largest absolute Gasteiger partial charge is 0.387 e. The monoisotopic (exact) mass is 252 g/mol. The molecule has 2 aliphatic heterocycles. The zero-order valence-electron chi connectivity index (χ0n) is 11.2. The minimum atomic E-state index is 0.0601. The van der Waals surface area contributed by atoms with Gasteiger partial charge in [0.1, 0.15) is 0 Å². The van der Waals surface area contributed by atoms with Crippen LogP contribution in [0.4, 0.5) is 4.79 Å². The SMILES string of the molecule is CC1CCCN(C(=O)N2CCCC(C(=N)N)C2)C1. The van der Waals surface area contributed by atoms with Crippen molar-refractivity contribution in [3.05, 3.63) is 0 Å². The van der Waals surface area contributed by atoms with E-state index in [4.69, 9.17) is 11.1 Å². The molecule has 2 saturated heterocycles. The summed E-state index contributed by atoms with van der Waals surface area (Å²) in [6.07, 6.45) is 4.23. The zero-order valence-corrected chi connectivity index (χ0v) is 11.2. The van der Waals surface area contributed by atoms with Gasteiger partial charge in [-0.15, -0.1) is 0 Å². The quantitative estimate of drug-likeness (QED) is 0.548. The molecule has 5 heteroatoms. The Morgan fingerprint density at radius 2 is 1.78 bits per heavy atom. The molecule has 0 bridgehead atoms. The molecule has 102 valence electrons. The molecular weight excluding hydrogens is 228 g/mol. The van der Waals surface area contributed by atoms with Crippen LogP contribution in [0.2, 0.25) is 0 Å². The molecule has 2 amide bonds. The van der Waals surface area contributed by atoms with E-state index in [1.165, 1.54) is 6.42 Å². The van der Waals surface area contributed by atoms with Gasteiger partial charge in [0, 0.05) is 32.1 Å². The molecule has 2 heterocycles. The lowest BCUT2D eigenvalue weighted by molar-refractivity contribution is 0.118. The van der Waals surface area contributed by atoms with Gasteiger partial charge in [0.15, 0.2) is 0 Å². The molecule has 0 aromatic carbocycles. The number of rotatable bonds is 1. The number of carbonyl (C=O) groups is 1. The smallest absolute Gasteiger partial charge is 0.320 e. The minimum Gasteiger partial charge on any atom is -0.387 e. The van der Waals surface area contributed by atoms with Crippen molar-refractivity contribution >= 4 is 11.9 Å². The third-order valence-corrected chi connectivity index (χ3v) is 4.06. The number of hydrogen-bond donors (Lipinski definition) is 2. The topological polar surface area (TPSA) is 73.4 Å². The number of amidine groups is 1. The summed E-state index contributed by atoms with van der Waals surface area (Å²) in [4.78, 5) is 16.3. The molecule has 0 saturated carbocycles. The molecule has 0 radical (unpaired) electrons. The van der Waals surface area contributed by atoms with Crippen LogP contribution in [0.15, 0.2) is 0 Å². The first-order chi connectivity index (χ1) is 8.58. The van der Waals surface area contributed by atoms with E-state index in [-0.39, 0.29) is 17.8 Å². The summed E-state index contributed by atoms with van der Waals surface area (Å²) in [6, 6.07) is 0.146. The van der Waals surface area contributed by atoms with Gasteiger partial charge < -0.3 is 15.5 Å². The zero-order chi connectivity index (χ0) is 13.1. The Kier molecular flexibility index (Phi) is 4.09. The first-order valence-electron chi connectivity index (χ1n) is 6.95. The van der Waals surface area contributed by atoms with Crippen LogP contribution in [-0.2, 0) is 0 Å². The van der Waals surface area contributed by atoms with E-state index in [0.29, 0.717) is 12.5 Å². The standard InChI is InChI=1S/C13H24N4O/c1-10-4-2-6-16(8-10)13(18)17-7-3-5-11(9-17)12(14)15/h10-11H,2-9H2,1H3,(H3,14,15). The number of nitrogens with zero attached hydrogens (tertiary/aromatic N) is 2. The van der Waals surface area contributed by atoms with Crippen molar-refractivity contribution in [2.45, 2.75) is 32.6 Å². The lowest BCUT2D eigenvalue weighted by Gasteiger charge is -2.38. The fraction of sp³-hybridized carbons (Fsp3) is 0.846. The van der Waals surface area contributed by atoms with Crippen LogP contribution < -0.4 is 5.73 Å². The molecule has 18 heavy (non-hydrogen) atoms. The molecule has 2 atom stereocenters. The number of urea groups is 1. The average Bonchev–Trinajstić information content (AvgIpc) is 2.38. The first kappa shape index (κ1) is 13.2. The molecule has 3 N–H and O–H groups in total. The molecule has 2 aliphatic rings. The van der Waals surface area contributed by atoms with Crippen molar-refractivity contribution in [3.63, 3.8) is 0 Å². The van der Waals surface area contributed by atoms with Gasteiger partial charge in [-0.2, -0.15) is 0 Å². The molecule has 0 aromatic rings. The van der Waals surface area contributed by atoms with E-state index in [9.17, 15) is 4.79 Å². The van der Waals surface area contributed by atoms with Gasteiger partial charge >= 0.3 is 6.03 Å². The predicted octanol–water partition coefficient (Wildman–Crippen LogP) is 1.49. The third-order valence-electron chi connectivity index (χ3n) is 4.06. The highest BCUT2D eigenvalue weighted by Crippen LogP contribution is 2.21. The fourth-order valence-corrected chi connectivity index (χ4v) is 2.97. The Balaban J connectivity index is 1.93. The van der Waals surface area contributed by atoms with Crippen molar-refractivity contribution in [1.29, 1.82) is 5.41 Å². The maximum Gasteiger partial charge on any atom is 0.320 e. The number of piperidine rings is 2. The second-order valence-corrected chi connectivity index (χ2v) is 5.72. The van der Waals surface area contributed by atoms with Crippen molar-refractivity contribution in [3.8, 4) is 0 Å². The summed E-state index contributed by atoms with van der Waals surface area (Å²) in [5.41, 5.74) is 5.56. The first-order valence-corrected chi connectivity index (χ1v) is 6.95. The minimum absolute atomic E-state index is 0.0601. The second kappa shape index (κ2) is 5.59. The normalized spacial score (nSPS) is 29.2. The van der Waals surface area contributed by atoms with Gasteiger partial charge in [-0.05, 0) is 31.6 Å². The number of hydrogen-bond acceptors (Lipinski definition) is 2. The van der Waals surface area contributed by atoms with Gasteiger partial charge in [0.2, 0.25) is 0 Å². The fourth-order valence-electron chi connectivity index (χ4n) is 2.97. The summed E-state index contributed by atoms with van der Waals surface area (Å²) in [5, 5.41) is 7.52. The average molecular weight is 252 g/mol. The van der Waals surface area contributed by atoms with E-state index >= 15 is 0 Å². The number of likely N-dealkylation sites (tertiary alicyclic amines) is 2. The van der Waals surface area contributed by atoms with Crippen molar-refractivity contribution in [1.82, 2.24) is 9.80 Å². The Labute approximate surface area is 109 Å². The van der Waals surface area contributed by atoms with Gasteiger partial charge in [-0.25, -0.2) is 4.79 Å². The maximum absolute atomic E-state index is 12.4. The highest BCUT2D eigenvalue weighted by molar-refractivity contribution is 5.81. The van der Waals surface area contributed by atoms with Gasteiger partial charge in [0.25, 0.3) is 0 Å². The van der Waals surface area contributed by atoms with Crippen LogP contribution >= 0.6 is 0 Å². The van der Waals surface area contributed by atoms with Crippen LogP contribution in [0.25, 0.3) is 0 Å². The lowest BCUT2D eigenvalue weighted by atomic mass is 9.97. The molecule has 0 aromatic heterocycles. The molecule has 2 rings (SSSR count). The highest BCUT2D eigenvalue weighted by Gasteiger charge is 2.30. The van der Waals surface area contributed by atoms with Crippen molar-refractivity contribution in [2.75, 3.05) is 26.2 Å². The van der Waals surface area contributed by atoms with Crippen LogP contribution in [0.3, 0.4) is 0 Å². The summed E-state index contributed by atoms with van der Waals surface area (Å²) in [5.74, 6) is 0.889. The van der Waals surface area contributed by atoms with E-state index in [2.05, 4.69) is 6.92 Å². The Hall–Kier alpha value is -1.26. The van der Waals surface area contributed by atoms with Crippen LogP contribution in [-0.4, -0.2) is 47.8 Å². The Morgan fingerprint density at radius 1 is 1.17 bits per heavy atom. The van der Waals surface area contributed by atoms with E-state index < -0.39 is 0 Å². The predicted molar refractivity (Wildman–Crippen MR) is 71.6 cm³/mol. The summed E-state index contributed by atoms with van der Waals surface area (Å²) >= 11 is 0. The van der Waals surface area contributed by atoms with Gasteiger partial charge in [-0.1, -0.05) is 6.92 Å². The van der Waals surface area contributed by atoms with Gasteiger partial charge in [0.05, 0.1) is 5.84 Å². The second-order valence-electron chi connectivity index (χ2n) is 5.72. The Morgan fingerprint density at radius 3 is 2.39 bits per heavy atom. The number of amides is 2. The van der Waals surface area contributed by atoms with E-state index in [1.54, 1.807) is 0 Å². The number of nitrogens with two attached hydrogens (primary N) is 1. The maximum atomic E-state index is 12.4. The molecule has 2 fully saturated rings. The van der Waals surface area contributed by atoms with Crippen molar-refractivity contribution in [2.24, 2.45) is 17.6 Å². The van der Waals surface area contributed by atoms with Gasteiger partial charge in [-0.3, -0.25) is 5.41 Å². The molecule has 5 nitrogen and oxygen atoms in total. The molecular formula is C13H24N4O. The summed E-state index contributed by atoms with van der Waals surface area (Å²) < 4.78 is 0. The summed E-state index contributed by atoms with van der Waals surface area (Å²) in [6.45, 7) is 5.39. The summed E-state index contributed by atoms with van der Waals surface area (Å²) in [7, 11) is 0. The van der Waals surface area contributed by atoms with E-state index in [0.717, 1.165) is 38.9 Å². The van der Waals surface area contributed by atoms with Crippen LogP contribution in [0.5, 0.6) is 0 Å². The Bertz CT molecular complexity index is 331.